The average Bonchev–Trinajstić information content (AvgIpc) is 3.37. The zero-order chi connectivity index (χ0) is 24.0. The van der Waals surface area contributed by atoms with Gasteiger partial charge in [0.15, 0.2) is 5.82 Å². The number of halogens is 3. The van der Waals surface area contributed by atoms with Crippen LogP contribution in [0.25, 0.3) is 11.4 Å². The van der Waals surface area contributed by atoms with Gasteiger partial charge in [-0.25, -0.2) is 32.9 Å². The van der Waals surface area contributed by atoms with E-state index in [9.17, 15) is 18.0 Å². The minimum atomic E-state index is -0.718. The Morgan fingerprint density at radius 3 is 2.53 bits per heavy atom. The maximum Gasteiger partial charge on any atom is 0.341 e. The van der Waals surface area contributed by atoms with E-state index in [2.05, 4.69) is 15.1 Å². The fourth-order valence-corrected chi connectivity index (χ4v) is 4.17. The van der Waals surface area contributed by atoms with E-state index in [1.165, 1.54) is 34.3 Å². The van der Waals surface area contributed by atoms with Crippen LogP contribution in [0.4, 0.5) is 18.0 Å². The third kappa shape index (κ3) is 3.97. The summed E-state index contributed by atoms with van der Waals surface area (Å²) in [6, 6.07) is 4.98. The summed E-state index contributed by atoms with van der Waals surface area (Å²) in [5.74, 6) is -2.19. The molecular weight excluding hydrogens is 449 g/mol. The van der Waals surface area contributed by atoms with Crippen molar-refractivity contribution >= 4 is 12.2 Å². The molecule has 34 heavy (non-hydrogen) atoms. The number of hydrogen-bond acceptors (Lipinski definition) is 5. The lowest BCUT2D eigenvalue weighted by molar-refractivity contribution is 0.0231. The highest BCUT2D eigenvalue weighted by Crippen LogP contribution is 2.32. The van der Waals surface area contributed by atoms with Crippen molar-refractivity contribution in [1.82, 2.24) is 24.4 Å². The molecule has 4 heterocycles. The molecule has 2 aliphatic heterocycles. The predicted molar refractivity (Wildman–Crippen MR) is 117 cm³/mol. The number of carbonyl (C=O) groups excluding carboxylic acids is 1. The molecule has 2 aromatic heterocycles. The fraction of sp³-hybridized carbons (Fsp3) is 0.304. The lowest BCUT2D eigenvalue weighted by atomic mass is 10.0. The zero-order valence-electron chi connectivity index (χ0n) is 18.5. The molecule has 0 unspecified atom stereocenters. The van der Waals surface area contributed by atoms with Gasteiger partial charge in [-0.2, -0.15) is 5.10 Å². The van der Waals surface area contributed by atoms with Gasteiger partial charge in [0.25, 0.3) is 5.88 Å². The van der Waals surface area contributed by atoms with Gasteiger partial charge in [0.05, 0.1) is 42.5 Å². The van der Waals surface area contributed by atoms with Crippen molar-refractivity contribution in [1.29, 1.82) is 0 Å². The molecule has 11 heteroatoms. The molecule has 0 aliphatic carbocycles. The molecule has 0 saturated carbocycles. The van der Waals surface area contributed by atoms with Gasteiger partial charge < -0.3 is 14.2 Å². The van der Waals surface area contributed by atoms with Crippen molar-refractivity contribution in [3.8, 4) is 17.3 Å². The highest BCUT2D eigenvalue weighted by Gasteiger charge is 2.39. The Labute approximate surface area is 193 Å². The summed E-state index contributed by atoms with van der Waals surface area (Å²) in [6.45, 7) is 2.24. The van der Waals surface area contributed by atoms with Crippen LogP contribution in [-0.4, -0.2) is 55.9 Å². The van der Waals surface area contributed by atoms with E-state index in [0.717, 1.165) is 17.5 Å². The number of hydrogen-bond donors (Lipinski definition) is 0. The molecule has 0 N–H and O–H groups in total. The third-order valence-electron chi connectivity index (χ3n) is 5.87. The van der Waals surface area contributed by atoms with Gasteiger partial charge >= 0.3 is 6.03 Å². The number of carbonyl (C=O) groups is 1. The van der Waals surface area contributed by atoms with Gasteiger partial charge in [0.2, 0.25) is 0 Å². The number of rotatable bonds is 4. The number of benzene rings is 1. The summed E-state index contributed by atoms with van der Waals surface area (Å²) < 4.78 is 49.2. The number of amides is 2. The van der Waals surface area contributed by atoms with Gasteiger partial charge in [-0.1, -0.05) is 0 Å². The fourth-order valence-electron chi connectivity index (χ4n) is 4.17. The summed E-state index contributed by atoms with van der Waals surface area (Å²) in [5.41, 5.74) is 2.36. The number of nitrogens with zero attached hydrogens (tertiary/aromatic N) is 6. The molecule has 1 saturated heterocycles. The van der Waals surface area contributed by atoms with Crippen LogP contribution in [0.2, 0.25) is 0 Å². The van der Waals surface area contributed by atoms with E-state index in [0.29, 0.717) is 17.7 Å². The average molecular weight is 470 g/mol. The summed E-state index contributed by atoms with van der Waals surface area (Å²) in [4.78, 5) is 22.9. The van der Waals surface area contributed by atoms with Crippen molar-refractivity contribution in [2.45, 2.75) is 25.5 Å². The Morgan fingerprint density at radius 1 is 1.12 bits per heavy atom. The van der Waals surface area contributed by atoms with E-state index in [4.69, 9.17) is 4.74 Å². The quantitative estimate of drug-likeness (QED) is 0.581. The van der Waals surface area contributed by atoms with Gasteiger partial charge in [-0.15, -0.1) is 0 Å². The van der Waals surface area contributed by atoms with Gasteiger partial charge in [-0.3, -0.25) is 0 Å². The molecule has 0 bridgehead atoms. The van der Waals surface area contributed by atoms with Crippen molar-refractivity contribution in [3.63, 3.8) is 0 Å². The number of likely N-dealkylation sites (tertiary alicyclic amines) is 1. The topological polar surface area (TPSA) is 75.8 Å². The van der Waals surface area contributed by atoms with Crippen molar-refractivity contribution < 1.29 is 22.7 Å². The SMILES string of the molecule is Cc1ncn(C)c1-c1ccc(F)c(OC2CN(C(=O)N3N=CC[C@H]3c3cc(F)cc(F)c3)C2)n1. The van der Waals surface area contributed by atoms with E-state index in [-0.39, 0.29) is 19.0 Å². The summed E-state index contributed by atoms with van der Waals surface area (Å²) in [7, 11) is 1.82. The van der Waals surface area contributed by atoms with Gasteiger partial charge in [0, 0.05) is 25.7 Å². The lowest BCUT2D eigenvalue weighted by Crippen LogP contribution is -2.59. The van der Waals surface area contributed by atoms with Crippen LogP contribution >= 0.6 is 0 Å². The maximum atomic E-state index is 14.4. The number of urea groups is 1. The molecule has 1 atom stereocenters. The number of hydrazone groups is 1. The molecule has 1 fully saturated rings. The summed E-state index contributed by atoms with van der Waals surface area (Å²) in [6.07, 6.45) is 3.07. The third-order valence-corrected chi connectivity index (χ3v) is 5.87. The lowest BCUT2D eigenvalue weighted by Gasteiger charge is -2.40. The Bertz CT molecular complexity index is 1250. The van der Waals surface area contributed by atoms with Gasteiger partial charge in [0.1, 0.15) is 17.7 Å². The predicted octanol–water partition coefficient (Wildman–Crippen LogP) is 3.82. The second-order valence-electron chi connectivity index (χ2n) is 8.30. The zero-order valence-corrected chi connectivity index (χ0v) is 18.5. The van der Waals surface area contributed by atoms with Crippen LogP contribution in [0, 0.1) is 24.4 Å². The Kier molecular flexibility index (Phi) is 5.46. The number of ether oxygens (including phenoxy) is 1. The number of aryl methyl sites for hydroxylation is 2. The normalized spacial score (nSPS) is 17.9. The van der Waals surface area contributed by atoms with E-state index in [1.54, 1.807) is 17.0 Å². The highest BCUT2D eigenvalue weighted by molar-refractivity contribution is 5.79. The molecule has 0 spiro atoms. The first-order valence-electron chi connectivity index (χ1n) is 10.7. The molecule has 2 amide bonds. The van der Waals surface area contributed by atoms with E-state index < -0.39 is 35.6 Å². The largest absolute Gasteiger partial charge is 0.468 e. The second-order valence-corrected chi connectivity index (χ2v) is 8.30. The Hall–Kier alpha value is -3.89. The first-order chi connectivity index (χ1) is 16.3. The van der Waals surface area contributed by atoms with Crippen LogP contribution in [0.3, 0.4) is 0 Å². The van der Waals surface area contributed by atoms with Crippen LogP contribution in [-0.2, 0) is 7.05 Å². The van der Waals surface area contributed by atoms with Crippen molar-refractivity contribution in [2.24, 2.45) is 12.1 Å². The minimum Gasteiger partial charge on any atom is -0.468 e. The number of pyridine rings is 1. The monoisotopic (exact) mass is 470 g/mol. The van der Waals surface area contributed by atoms with Crippen molar-refractivity contribution in [3.05, 3.63) is 65.4 Å². The first-order valence-corrected chi connectivity index (χ1v) is 10.7. The van der Waals surface area contributed by atoms with E-state index >= 15 is 0 Å². The first kappa shape index (κ1) is 21.9. The Morgan fingerprint density at radius 2 is 1.85 bits per heavy atom. The Balaban J connectivity index is 1.25. The van der Waals surface area contributed by atoms with Crippen LogP contribution in [0.15, 0.2) is 41.8 Å². The summed E-state index contributed by atoms with van der Waals surface area (Å²) >= 11 is 0. The minimum absolute atomic E-state index is 0.150. The standard InChI is InChI=1S/C23H21F3N6O2/c1-13-21(30(2)12-27-13)19-4-3-18(26)22(29-19)34-17-10-31(11-17)23(33)32-20(5-6-28-32)14-7-15(24)9-16(25)8-14/h3-4,6-9,12,17,20H,5,10-11H2,1-2H3/t20-/m0/s1. The number of imidazole rings is 1. The smallest absolute Gasteiger partial charge is 0.341 e. The molecule has 2 aliphatic rings. The molecular formula is C23H21F3N6O2. The summed E-state index contributed by atoms with van der Waals surface area (Å²) in [5, 5.41) is 5.29. The van der Waals surface area contributed by atoms with Crippen molar-refractivity contribution in [2.75, 3.05) is 13.1 Å². The second kappa shape index (κ2) is 8.47. The van der Waals surface area contributed by atoms with Crippen LogP contribution in [0.5, 0.6) is 5.88 Å². The van der Waals surface area contributed by atoms with E-state index in [1.807, 2.05) is 14.0 Å². The molecule has 1 aromatic carbocycles. The maximum absolute atomic E-state index is 14.4. The molecule has 176 valence electrons. The molecule has 3 aromatic rings. The molecule has 0 radical (unpaired) electrons. The highest BCUT2D eigenvalue weighted by atomic mass is 19.1. The van der Waals surface area contributed by atoms with Gasteiger partial charge in [-0.05, 0) is 36.8 Å². The molecule has 8 nitrogen and oxygen atoms in total. The number of aromatic nitrogens is 3. The van der Waals surface area contributed by atoms with Crippen LogP contribution < -0.4 is 4.74 Å². The molecule has 5 rings (SSSR count). The van der Waals surface area contributed by atoms with Crippen LogP contribution in [0.1, 0.15) is 23.7 Å².